The number of nitrogens with zero attached hydrogens (tertiary/aromatic N) is 6. The first-order chi connectivity index (χ1) is 13.3. The number of halogens is 1. The van der Waals surface area contributed by atoms with E-state index in [4.69, 9.17) is 4.42 Å². The number of rotatable bonds is 3. The lowest BCUT2D eigenvalue weighted by Crippen LogP contribution is -1.95. The second-order valence-corrected chi connectivity index (χ2v) is 5.78. The van der Waals surface area contributed by atoms with E-state index in [-0.39, 0.29) is 11.7 Å². The quantitative estimate of drug-likeness (QED) is 0.490. The van der Waals surface area contributed by atoms with Gasteiger partial charge in [0.25, 0.3) is 5.89 Å². The van der Waals surface area contributed by atoms with E-state index in [2.05, 4.69) is 25.3 Å². The molecule has 0 bridgehead atoms. The first kappa shape index (κ1) is 15.3. The molecule has 0 unspecified atom stereocenters. The lowest BCUT2D eigenvalue weighted by molar-refractivity contribution is 0.581. The van der Waals surface area contributed by atoms with Gasteiger partial charge in [-0.1, -0.05) is 0 Å². The van der Waals surface area contributed by atoms with Gasteiger partial charge in [-0.2, -0.15) is 5.10 Å². The van der Waals surface area contributed by atoms with E-state index in [1.807, 2.05) is 6.07 Å². The Morgan fingerprint density at radius 2 is 1.59 bits per heavy atom. The highest BCUT2D eigenvalue weighted by atomic mass is 19.1. The summed E-state index contributed by atoms with van der Waals surface area (Å²) in [6.45, 7) is 0. The van der Waals surface area contributed by atoms with Crippen LogP contribution < -0.4 is 0 Å². The predicted molar refractivity (Wildman–Crippen MR) is 94.9 cm³/mol. The van der Waals surface area contributed by atoms with Crippen molar-refractivity contribution in [3.63, 3.8) is 0 Å². The van der Waals surface area contributed by atoms with Crippen LogP contribution in [-0.4, -0.2) is 29.8 Å². The minimum absolute atomic E-state index is 0.289. The van der Waals surface area contributed by atoms with Crippen LogP contribution in [0.3, 0.4) is 0 Å². The fourth-order valence-corrected chi connectivity index (χ4v) is 2.78. The Labute approximate surface area is 152 Å². The van der Waals surface area contributed by atoms with Crippen molar-refractivity contribution in [2.75, 3.05) is 0 Å². The van der Waals surface area contributed by atoms with E-state index in [1.54, 1.807) is 53.4 Å². The summed E-state index contributed by atoms with van der Waals surface area (Å²) in [5.41, 5.74) is 3.50. The predicted octanol–water partition coefficient (Wildman–Crippen LogP) is 3.65. The second kappa shape index (κ2) is 6.10. The average molecular weight is 358 g/mol. The Morgan fingerprint density at radius 1 is 0.815 bits per heavy atom. The molecule has 27 heavy (non-hydrogen) atoms. The van der Waals surface area contributed by atoms with Gasteiger partial charge >= 0.3 is 0 Å². The summed E-state index contributed by atoms with van der Waals surface area (Å²) < 4.78 is 20.6. The Hall–Kier alpha value is -3.94. The molecule has 0 aliphatic heterocycles. The third kappa shape index (κ3) is 2.73. The third-order valence-corrected chi connectivity index (χ3v) is 4.07. The van der Waals surface area contributed by atoms with E-state index in [1.165, 1.54) is 12.1 Å². The number of aromatic nitrogens is 6. The van der Waals surface area contributed by atoms with Crippen molar-refractivity contribution in [3.8, 4) is 34.3 Å². The SMILES string of the molecule is Fc1ccc(-c2ccnc3cc(-c4nnc(-c5ccncc5)o4)nn23)cc1. The summed E-state index contributed by atoms with van der Waals surface area (Å²) >= 11 is 0. The Morgan fingerprint density at radius 3 is 2.41 bits per heavy atom. The van der Waals surface area contributed by atoms with Crippen LogP contribution in [0.2, 0.25) is 0 Å². The van der Waals surface area contributed by atoms with Gasteiger partial charge in [0.05, 0.1) is 5.69 Å². The van der Waals surface area contributed by atoms with Gasteiger partial charge in [-0.3, -0.25) is 4.98 Å². The van der Waals surface area contributed by atoms with Crippen LogP contribution in [0, 0.1) is 5.82 Å². The van der Waals surface area contributed by atoms with E-state index in [0.29, 0.717) is 17.2 Å². The molecule has 0 amide bonds. The topological polar surface area (TPSA) is 82.0 Å². The van der Waals surface area contributed by atoms with Gasteiger partial charge in [-0.05, 0) is 42.5 Å². The lowest BCUT2D eigenvalue weighted by atomic mass is 10.1. The van der Waals surface area contributed by atoms with Crippen LogP contribution in [0.15, 0.2) is 71.5 Å². The van der Waals surface area contributed by atoms with Crippen molar-refractivity contribution >= 4 is 5.65 Å². The molecule has 0 aliphatic rings. The maximum Gasteiger partial charge on any atom is 0.268 e. The third-order valence-electron chi connectivity index (χ3n) is 4.07. The Kier molecular flexibility index (Phi) is 3.46. The van der Waals surface area contributed by atoms with Crippen LogP contribution >= 0.6 is 0 Å². The van der Waals surface area contributed by atoms with Crippen molar-refractivity contribution in [1.82, 2.24) is 29.8 Å². The smallest absolute Gasteiger partial charge is 0.268 e. The maximum absolute atomic E-state index is 13.2. The molecule has 0 radical (unpaired) electrons. The maximum atomic E-state index is 13.2. The van der Waals surface area contributed by atoms with Gasteiger partial charge < -0.3 is 4.42 Å². The highest BCUT2D eigenvalue weighted by molar-refractivity contribution is 5.65. The van der Waals surface area contributed by atoms with Gasteiger partial charge in [0.2, 0.25) is 5.89 Å². The first-order valence-corrected chi connectivity index (χ1v) is 8.13. The molecule has 4 aromatic heterocycles. The van der Waals surface area contributed by atoms with Crippen LogP contribution in [0.1, 0.15) is 0 Å². The molecule has 0 saturated carbocycles. The van der Waals surface area contributed by atoms with Crippen molar-refractivity contribution in [1.29, 1.82) is 0 Å². The highest BCUT2D eigenvalue weighted by Crippen LogP contribution is 2.25. The number of hydrogen-bond acceptors (Lipinski definition) is 6. The summed E-state index contributed by atoms with van der Waals surface area (Å²) in [7, 11) is 0. The molecule has 5 rings (SSSR count). The van der Waals surface area contributed by atoms with Gasteiger partial charge in [-0.15, -0.1) is 10.2 Å². The minimum atomic E-state index is -0.292. The zero-order chi connectivity index (χ0) is 18.2. The van der Waals surface area contributed by atoms with E-state index < -0.39 is 0 Å². The van der Waals surface area contributed by atoms with Gasteiger partial charge in [0.15, 0.2) is 11.3 Å². The van der Waals surface area contributed by atoms with E-state index in [0.717, 1.165) is 16.8 Å². The molecule has 0 spiro atoms. The minimum Gasteiger partial charge on any atom is -0.415 e. The van der Waals surface area contributed by atoms with Crippen LogP contribution in [0.25, 0.3) is 39.9 Å². The molecule has 0 atom stereocenters. The molecule has 0 N–H and O–H groups in total. The fraction of sp³-hybridized carbons (Fsp3) is 0. The zero-order valence-corrected chi connectivity index (χ0v) is 13.8. The molecule has 0 fully saturated rings. The van der Waals surface area contributed by atoms with Crippen molar-refractivity contribution in [3.05, 3.63) is 72.9 Å². The van der Waals surface area contributed by atoms with Crippen LogP contribution in [-0.2, 0) is 0 Å². The molecule has 5 aromatic rings. The largest absolute Gasteiger partial charge is 0.415 e. The van der Waals surface area contributed by atoms with Crippen LogP contribution in [0.4, 0.5) is 4.39 Å². The molecule has 130 valence electrons. The highest BCUT2D eigenvalue weighted by Gasteiger charge is 2.16. The average Bonchev–Trinajstić information content (AvgIpc) is 3.36. The number of pyridine rings is 1. The molecule has 8 heteroatoms. The standard InChI is InChI=1S/C19H11FN6O/c20-14-3-1-12(2-4-14)16-7-10-22-17-11-15(25-26(16)17)19-24-23-18(27-19)13-5-8-21-9-6-13/h1-11H. The Bertz CT molecular complexity index is 1230. The zero-order valence-electron chi connectivity index (χ0n) is 13.8. The first-order valence-electron chi connectivity index (χ1n) is 8.13. The van der Waals surface area contributed by atoms with Gasteiger partial charge in [-0.25, -0.2) is 13.9 Å². The summed E-state index contributed by atoms with van der Waals surface area (Å²) in [4.78, 5) is 8.30. The molecular weight excluding hydrogens is 347 g/mol. The van der Waals surface area contributed by atoms with Gasteiger partial charge in [0.1, 0.15) is 5.82 Å². The van der Waals surface area contributed by atoms with Crippen LogP contribution in [0.5, 0.6) is 0 Å². The molecule has 4 heterocycles. The lowest BCUT2D eigenvalue weighted by Gasteiger charge is -2.03. The number of benzene rings is 1. The molecule has 0 aliphatic carbocycles. The number of hydrogen-bond donors (Lipinski definition) is 0. The summed E-state index contributed by atoms with van der Waals surface area (Å²) in [5.74, 6) is 0.383. The molecule has 1 aromatic carbocycles. The normalized spacial score (nSPS) is 11.1. The molecular formula is C19H11FN6O. The summed E-state index contributed by atoms with van der Waals surface area (Å²) in [5, 5.41) is 12.7. The second-order valence-electron chi connectivity index (χ2n) is 5.78. The van der Waals surface area contributed by atoms with E-state index in [9.17, 15) is 4.39 Å². The van der Waals surface area contributed by atoms with Gasteiger partial charge in [0, 0.05) is 35.8 Å². The van der Waals surface area contributed by atoms with Crippen molar-refractivity contribution in [2.24, 2.45) is 0 Å². The fourth-order valence-electron chi connectivity index (χ4n) is 2.78. The molecule has 7 nitrogen and oxygen atoms in total. The van der Waals surface area contributed by atoms with Crippen molar-refractivity contribution < 1.29 is 8.81 Å². The summed E-state index contributed by atoms with van der Waals surface area (Å²) in [6, 6.07) is 13.4. The van der Waals surface area contributed by atoms with Crippen molar-refractivity contribution in [2.45, 2.75) is 0 Å². The number of fused-ring (bicyclic) bond motifs is 1. The monoisotopic (exact) mass is 358 g/mol. The Balaban J connectivity index is 1.59. The molecule has 0 saturated heterocycles. The summed E-state index contributed by atoms with van der Waals surface area (Å²) in [6.07, 6.45) is 4.99. The van der Waals surface area contributed by atoms with E-state index >= 15 is 0 Å².